The van der Waals surface area contributed by atoms with Crippen molar-refractivity contribution in [1.82, 2.24) is 9.80 Å². The molecule has 3 amide bonds. The fourth-order valence-electron chi connectivity index (χ4n) is 4.05. The number of halogens is 1. The molecule has 0 bridgehead atoms. The van der Waals surface area contributed by atoms with E-state index < -0.39 is 5.82 Å². The van der Waals surface area contributed by atoms with E-state index in [9.17, 15) is 14.0 Å². The molecule has 5 nitrogen and oxygen atoms in total. The van der Waals surface area contributed by atoms with Crippen LogP contribution in [0, 0.1) is 12.7 Å². The second kappa shape index (κ2) is 8.06. The number of hydrogen-bond donors (Lipinski definition) is 1. The van der Waals surface area contributed by atoms with E-state index in [1.54, 1.807) is 28.8 Å². The van der Waals surface area contributed by atoms with Gasteiger partial charge in [0.25, 0.3) is 5.91 Å². The van der Waals surface area contributed by atoms with Crippen molar-refractivity contribution in [2.75, 3.05) is 30.7 Å². The first-order chi connectivity index (χ1) is 14.0. The molecule has 0 atom stereocenters. The summed E-state index contributed by atoms with van der Waals surface area (Å²) < 4.78 is 13.6. The molecule has 2 aliphatic heterocycles. The Labute approximate surface area is 174 Å². The van der Waals surface area contributed by atoms with Gasteiger partial charge in [0.1, 0.15) is 5.82 Å². The minimum atomic E-state index is -0.403. The van der Waals surface area contributed by atoms with Gasteiger partial charge in [-0.2, -0.15) is 0 Å². The van der Waals surface area contributed by atoms with Gasteiger partial charge in [-0.3, -0.25) is 4.79 Å². The lowest BCUT2D eigenvalue weighted by atomic mass is 10.0. The van der Waals surface area contributed by atoms with Crippen molar-refractivity contribution in [1.29, 1.82) is 0 Å². The molecular weight excluding hydrogens is 389 g/mol. The Balaban J connectivity index is 1.43. The van der Waals surface area contributed by atoms with Crippen LogP contribution in [0.25, 0.3) is 0 Å². The number of carbonyl (C=O) groups is 2. The Bertz CT molecular complexity index is 928. The lowest BCUT2D eigenvalue weighted by Crippen LogP contribution is -2.54. The van der Waals surface area contributed by atoms with E-state index in [1.807, 2.05) is 36.1 Å². The average Bonchev–Trinajstić information content (AvgIpc) is 3.12. The first-order valence-corrected chi connectivity index (χ1v) is 10.8. The molecular formula is C22H24FN3O2S. The van der Waals surface area contributed by atoms with Crippen LogP contribution in [-0.4, -0.2) is 52.0 Å². The zero-order valence-corrected chi connectivity index (χ0v) is 17.2. The molecule has 1 spiro atoms. The molecule has 2 heterocycles. The number of piperidine rings is 1. The molecule has 152 valence electrons. The van der Waals surface area contributed by atoms with Crippen molar-refractivity contribution in [3.8, 4) is 0 Å². The van der Waals surface area contributed by atoms with Gasteiger partial charge in [-0.05, 0) is 49.6 Å². The first-order valence-electron chi connectivity index (χ1n) is 9.82. The number of benzene rings is 2. The molecule has 0 aromatic heterocycles. The van der Waals surface area contributed by atoms with Gasteiger partial charge in [-0.25, -0.2) is 9.18 Å². The molecule has 0 saturated carbocycles. The van der Waals surface area contributed by atoms with Crippen LogP contribution >= 0.6 is 11.8 Å². The number of urea groups is 1. The number of amides is 3. The number of nitrogens with zero attached hydrogens (tertiary/aromatic N) is 2. The molecule has 2 aromatic carbocycles. The lowest BCUT2D eigenvalue weighted by molar-refractivity contribution is 0.0585. The summed E-state index contributed by atoms with van der Waals surface area (Å²) in [6.45, 7) is 3.77. The summed E-state index contributed by atoms with van der Waals surface area (Å²) in [5.41, 5.74) is 2.22. The molecule has 2 saturated heterocycles. The minimum absolute atomic E-state index is 0.111. The largest absolute Gasteiger partial charge is 0.324 e. The van der Waals surface area contributed by atoms with Crippen LogP contribution in [0.3, 0.4) is 0 Å². The van der Waals surface area contributed by atoms with E-state index in [-0.39, 0.29) is 16.8 Å². The van der Waals surface area contributed by atoms with Crippen LogP contribution < -0.4 is 5.32 Å². The second-order valence-electron chi connectivity index (χ2n) is 7.49. The highest BCUT2D eigenvalue weighted by Crippen LogP contribution is 2.44. The summed E-state index contributed by atoms with van der Waals surface area (Å²) in [5.74, 6) is 0.322. The molecule has 1 N–H and O–H groups in total. The maximum atomic E-state index is 13.6. The maximum absolute atomic E-state index is 13.6. The molecule has 2 fully saturated rings. The van der Waals surface area contributed by atoms with Crippen molar-refractivity contribution in [2.24, 2.45) is 0 Å². The lowest BCUT2D eigenvalue weighted by Gasteiger charge is -2.44. The fourth-order valence-corrected chi connectivity index (χ4v) is 5.51. The molecule has 0 aliphatic carbocycles. The second-order valence-corrected chi connectivity index (χ2v) is 8.95. The summed E-state index contributed by atoms with van der Waals surface area (Å²) in [5, 5.41) is 2.98. The summed E-state index contributed by atoms with van der Waals surface area (Å²) >= 11 is 1.77. The van der Waals surface area contributed by atoms with E-state index in [2.05, 4.69) is 5.32 Å². The Kier molecular flexibility index (Phi) is 5.50. The number of anilines is 1. The normalized spacial score (nSPS) is 18.1. The van der Waals surface area contributed by atoms with Crippen LogP contribution in [0.15, 0.2) is 48.5 Å². The van der Waals surface area contributed by atoms with Crippen molar-refractivity contribution in [3.05, 3.63) is 65.5 Å². The third-order valence-corrected chi connectivity index (χ3v) is 7.27. The summed E-state index contributed by atoms with van der Waals surface area (Å²) in [6, 6.07) is 13.5. The van der Waals surface area contributed by atoms with Crippen molar-refractivity contribution in [2.45, 2.75) is 24.6 Å². The van der Waals surface area contributed by atoms with Crippen LogP contribution in [-0.2, 0) is 0 Å². The number of rotatable bonds is 2. The number of aryl methyl sites for hydroxylation is 1. The number of nitrogens with one attached hydrogen (secondary N) is 1. The van der Waals surface area contributed by atoms with Crippen molar-refractivity contribution in [3.63, 3.8) is 0 Å². The van der Waals surface area contributed by atoms with Crippen LogP contribution in [0.2, 0.25) is 0 Å². The zero-order valence-electron chi connectivity index (χ0n) is 16.4. The van der Waals surface area contributed by atoms with Crippen LogP contribution in [0.1, 0.15) is 28.8 Å². The number of thioether (sulfide) groups is 1. The zero-order chi connectivity index (χ0) is 20.4. The Morgan fingerprint density at radius 2 is 1.83 bits per heavy atom. The van der Waals surface area contributed by atoms with E-state index in [4.69, 9.17) is 0 Å². The summed E-state index contributed by atoms with van der Waals surface area (Å²) in [6.07, 6.45) is 1.42. The Hall–Kier alpha value is -2.54. The van der Waals surface area contributed by atoms with E-state index in [1.165, 1.54) is 12.1 Å². The number of carbonyl (C=O) groups excluding carboxylic acids is 2. The van der Waals surface area contributed by atoms with Gasteiger partial charge < -0.3 is 15.1 Å². The number of hydrogen-bond acceptors (Lipinski definition) is 3. The van der Waals surface area contributed by atoms with Gasteiger partial charge in [0, 0.05) is 36.6 Å². The highest BCUT2D eigenvalue weighted by Gasteiger charge is 2.47. The van der Waals surface area contributed by atoms with Crippen molar-refractivity contribution < 1.29 is 14.0 Å². The molecule has 7 heteroatoms. The van der Waals surface area contributed by atoms with E-state index >= 15 is 0 Å². The molecule has 29 heavy (non-hydrogen) atoms. The number of para-hydroxylation sites is 1. The Morgan fingerprint density at radius 3 is 2.55 bits per heavy atom. The van der Waals surface area contributed by atoms with Gasteiger partial charge in [0.05, 0.1) is 4.87 Å². The van der Waals surface area contributed by atoms with Crippen LogP contribution in [0.4, 0.5) is 14.9 Å². The standard InChI is InChI=1S/C22H24FN3O2S/c1-16-5-2-3-8-19(16)24-21(28)25-11-9-22(10-12-25)26(13-14-29-22)20(27)17-6-4-7-18(23)15-17/h2-8,15H,9-14H2,1H3,(H,24,28). The average molecular weight is 414 g/mol. The number of likely N-dealkylation sites (tertiary alicyclic amines) is 1. The highest BCUT2D eigenvalue weighted by atomic mass is 32.2. The molecule has 0 radical (unpaired) electrons. The molecule has 0 unspecified atom stereocenters. The van der Waals surface area contributed by atoms with Crippen LogP contribution in [0.5, 0.6) is 0 Å². The van der Waals surface area contributed by atoms with Gasteiger partial charge in [-0.1, -0.05) is 24.3 Å². The monoisotopic (exact) mass is 413 g/mol. The third kappa shape index (κ3) is 3.96. The summed E-state index contributed by atoms with van der Waals surface area (Å²) in [4.78, 5) is 29.1. The highest BCUT2D eigenvalue weighted by molar-refractivity contribution is 8.00. The van der Waals surface area contributed by atoms with Gasteiger partial charge in [0.15, 0.2) is 0 Å². The minimum Gasteiger partial charge on any atom is -0.324 e. The topological polar surface area (TPSA) is 52.7 Å². The first kappa shape index (κ1) is 19.8. The van der Waals surface area contributed by atoms with E-state index in [0.29, 0.717) is 38.0 Å². The quantitative estimate of drug-likeness (QED) is 0.797. The molecule has 2 aliphatic rings. The molecule has 4 rings (SSSR count). The smallest absolute Gasteiger partial charge is 0.321 e. The van der Waals surface area contributed by atoms with Gasteiger partial charge in [0.2, 0.25) is 0 Å². The summed E-state index contributed by atoms with van der Waals surface area (Å²) in [7, 11) is 0. The SMILES string of the molecule is Cc1ccccc1NC(=O)N1CCC2(CC1)SCCN2C(=O)c1cccc(F)c1. The predicted octanol–water partition coefficient (Wildman–Crippen LogP) is 4.35. The fraction of sp³-hybridized carbons (Fsp3) is 0.364. The Morgan fingerprint density at radius 1 is 1.07 bits per heavy atom. The van der Waals surface area contributed by atoms with E-state index in [0.717, 1.165) is 17.0 Å². The molecule has 2 aromatic rings. The predicted molar refractivity (Wildman–Crippen MR) is 114 cm³/mol. The van der Waals surface area contributed by atoms with Gasteiger partial charge in [-0.15, -0.1) is 11.8 Å². The third-order valence-electron chi connectivity index (χ3n) is 5.71. The van der Waals surface area contributed by atoms with Crippen molar-refractivity contribution >= 4 is 29.4 Å². The van der Waals surface area contributed by atoms with Gasteiger partial charge >= 0.3 is 6.03 Å². The maximum Gasteiger partial charge on any atom is 0.321 e.